The fourth-order valence-corrected chi connectivity index (χ4v) is 2.19. The molecule has 124 valence electrons. The number of nitrogens with one attached hydrogen (secondary N) is 2. The molecule has 1 aromatic heterocycles. The molecule has 0 aromatic carbocycles. The van der Waals surface area contributed by atoms with Crippen LogP contribution in [0.1, 0.15) is 58.6 Å². The number of guanidine groups is 1. The highest BCUT2D eigenvalue weighted by Gasteiger charge is 2.06. The van der Waals surface area contributed by atoms with E-state index in [4.69, 9.17) is 0 Å². The van der Waals surface area contributed by atoms with Crippen LogP contribution in [0.2, 0.25) is 0 Å². The number of hydrogen-bond acceptors (Lipinski definition) is 2. The minimum atomic E-state index is -0.310. The molecule has 1 aromatic rings. The Hall–Kier alpha value is -1.65. The molecule has 0 saturated heterocycles. The van der Waals surface area contributed by atoms with Crippen molar-refractivity contribution in [3.8, 4) is 0 Å². The lowest BCUT2D eigenvalue weighted by molar-refractivity contribution is 0.536. The number of rotatable bonds is 9. The molecule has 0 aliphatic heterocycles. The maximum atomic E-state index is 13.6. The van der Waals surface area contributed by atoms with Gasteiger partial charge in [0.1, 0.15) is 5.82 Å². The number of pyridine rings is 1. The van der Waals surface area contributed by atoms with Gasteiger partial charge < -0.3 is 10.6 Å². The van der Waals surface area contributed by atoms with Gasteiger partial charge in [-0.1, -0.05) is 32.6 Å². The molecule has 0 saturated carbocycles. The molecule has 0 amide bonds. The second-order valence-corrected chi connectivity index (χ2v) is 5.52. The Morgan fingerprint density at radius 3 is 2.82 bits per heavy atom. The van der Waals surface area contributed by atoms with E-state index in [1.165, 1.54) is 31.7 Å². The molecule has 4 nitrogen and oxygen atoms in total. The Bertz CT molecular complexity index is 448. The van der Waals surface area contributed by atoms with Crippen LogP contribution in [0.3, 0.4) is 0 Å². The van der Waals surface area contributed by atoms with Crippen molar-refractivity contribution >= 4 is 5.96 Å². The maximum absolute atomic E-state index is 13.6. The monoisotopic (exact) mass is 308 g/mol. The molecular formula is C17H29FN4. The molecule has 0 bridgehead atoms. The smallest absolute Gasteiger partial charge is 0.191 e. The summed E-state index contributed by atoms with van der Waals surface area (Å²) in [6.45, 7) is 7.41. The molecule has 5 heteroatoms. The molecule has 1 heterocycles. The van der Waals surface area contributed by atoms with E-state index in [1.54, 1.807) is 12.3 Å². The Kier molecular flexibility index (Phi) is 9.19. The molecule has 1 unspecified atom stereocenters. The van der Waals surface area contributed by atoms with Crippen LogP contribution in [-0.2, 0) is 6.54 Å². The van der Waals surface area contributed by atoms with Gasteiger partial charge in [0.05, 0.1) is 12.2 Å². The van der Waals surface area contributed by atoms with Gasteiger partial charge in [0.25, 0.3) is 0 Å². The largest absolute Gasteiger partial charge is 0.357 e. The minimum absolute atomic E-state index is 0.241. The van der Waals surface area contributed by atoms with Crippen molar-refractivity contribution in [1.29, 1.82) is 0 Å². The number of hydrogen-bond donors (Lipinski definition) is 2. The summed E-state index contributed by atoms with van der Waals surface area (Å²) in [4.78, 5) is 8.44. The number of nitrogens with zero attached hydrogens (tertiary/aromatic N) is 2. The van der Waals surface area contributed by atoms with Crippen molar-refractivity contribution in [2.24, 2.45) is 4.99 Å². The van der Waals surface area contributed by atoms with E-state index in [0.29, 0.717) is 11.7 Å². The molecule has 2 N–H and O–H groups in total. The Morgan fingerprint density at radius 1 is 1.32 bits per heavy atom. The van der Waals surface area contributed by atoms with Crippen LogP contribution < -0.4 is 10.6 Å². The molecule has 0 fully saturated rings. The van der Waals surface area contributed by atoms with Crippen LogP contribution in [0, 0.1) is 5.82 Å². The molecule has 1 rings (SSSR count). The van der Waals surface area contributed by atoms with Crippen molar-refractivity contribution in [1.82, 2.24) is 15.6 Å². The third kappa shape index (κ3) is 7.38. The van der Waals surface area contributed by atoms with Crippen molar-refractivity contribution in [2.45, 2.75) is 65.5 Å². The van der Waals surface area contributed by atoms with Crippen molar-refractivity contribution in [3.63, 3.8) is 0 Å². The van der Waals surface area contributed by atoms with Crippen LogP contribution in [0.4, 0.5) is 4.39 Å². The first-order chi connectivity index (χ1) is 10.7. The quantitative estimate of drug-likeness (QED) is 0.416. The Balaban J connectivity index is 2.49. The molecule has 0 aliphatic carbocycles. The van der Waals surface area contributed by atoms with Crippen LogP contribution >= 0.6 is 0 Å². The van der Waals surface area contributed by atoms with E-state index in [9.17, 15) is 4.39 Å². The van der Waals surface area contributed by atoms with Gasteiger partial charge >= 0.3 is 0 Å². The van der Waals surface area contributed by atoms with Gasteiger partial charge in [-0.05, 0) is 32.4 Å². The van der Waals surface area contributed by atoms with Gasteiger partial charge in [-0.25, -0.2) is 9.38 Å². The Labute approximate surface area is 133 Å². The van der Waals surface area contributed by atoms with Crippen molar-refractivity contribution < 1.29 is 4.39 Å². The van der Waals surface area contributed by atoms with Gasteiger partial charge in [0.2, 0.25) is 0 Å². The summed E-state index contributed by atoms with van der Waals surface area (Å²) >= 11 is 0. The standard InChI is InChI=1S/C17H29FN4/c1-4-6-7-8-10-14(3)22-17(19-5-2)21-13-16-15(18)11-9-12-20-16/h9,11-12,14H,4-8,10,13H2,1-3H3,(H2,19,21,22). The first kappa shape index (κ1) is 18.4. The van der Waals surface area contributed by atoms with Gasteiger partial charge in [-0.2, -0.15) is 0 Å². The third-order valence-electron chi connectivity index (χ3n) is 3.44. The number of unbranched alkanes of at least 4 members (excludes halogenated alkanes) is 3. The van der Waals surface area contributed by atoms with Crippen molar-refractivity contribution in [3.05, 3.63) is 29.8 Å². The van der Waals surface area contributed by atoms with Crippen LogP contribution in [-0.4, -0.2) is 23.5 Å². The van der Waals surface area contributed by atoms with Gasteiger partial charge in [-0.15, -0.1) is 0 Å². The zero-order chi connectivity index (χ0) is 16.2. The van der Waals surface area contributed by atoms with E-state index in [0.717, 1.165) is 18.9 Å². The lowest BCUT2D eigenvalue weighted by Gasteiger charge is -2.17. The van der Waals surface area contributed by atoms with Crippen molar-refractivity contribution in [2.75, 3.05) is 6.54 Å². The van der Waals surface area contributed by atoms with Gasteiger partial charge in [-0.3, -0.25) is 4.98 Å². The van der Waals surface area contributed by atoms with E-state index < -0.39 is 0 Å². The van der Waals surface area contributed by atoms with Crippen LogP contribution in [0.15, 0.2) is 23.3 Å². The normalized spacial score (nSPS) is 13.0. The van der Waals surface area contributed by atoms with E-state index in [1.807, 2.05) is 6.92 Å². The predicted molar refractivity (Wildman–Crippen MR) is 90.4 cm³/mol. The fraction of sp³-hybridized carbons (Fsp3) is 0.647. The average Bonchev–Trinajstić information content (AvgIpc) is 2.51. The minimum Gasteiger partial charge on any atom is -0.357 e. The summed E-state index contributed by atoms with van der Waals surface area (Å²) in [5.41, 5.74) is 0.371. The molecule has 0 radical (unpaired) electrons. The van der Waals surface area contributed by atoms with E-state index >= 15 is 0 Å². The average molecular weight is 308 g/mol. The lowest BCUT2D eigenvalue weighted by Crippen LogP contribution is -2.42. The van der Waals surface area contributed by atoms with E-state index in [2.05, 4.69) is 34.5 Å². The summed E-state index contributed by atoms with van der Waals surface area (Å²) in [5.74, 6) is 0.408. The highest BCUT2D eigenvalue weighted by molar-refractivity contribution is 5.80. The summed E-state index contributed by atoms with van der Waals surface area (Å²) in [6, 6.07) is 3.35. The second kappa shape index (κ2) is 11.0. The number of aromatic nitrogens is 1. The maximum Gasteiger partial charge on any atom is 0.191 e. The SMILES string of the molecule is CCCCCCC(C)NC(=NCc1ncccc1F)NCC. The highest BCUT2D eigenvalue weighted by atomic mass is 19.1. The molecule has 0 spiro atoms. The molecule has 1 atom stereocenters. The van der Waals surface area contributed by atoms with Crippen LogP contribution in [0.5, 0.6) is 0 Å². The first-order valence-electron chi connectivity index (χ1n) is 8.31. The number of aliphatic imine (C=N–C) groups is 1. The zero-order valence-corrected chi connectivity index (χ0v) is 14.0. The highest BCUT2D eigenvalue weighted by Crippen LogP contribution is 2.06. The topological polar surface area (TPSA) is 49.3 Å². The summed E-state index contributed by atoms with van der Waals surface area (Å²) in [5, 5.41) is 6.57. The second-order valence-electron chi connectivity index (χ2n) is 5.52. The molecule has 22 heavy (non-hydrogen) atoms. The molecular weight excluding hydrogens is 279 g/mol. The third-order valence-corrected chi connectivity index (χ3v) is 3.44. The zero-order valence-electron chi connectivity index (χ0n) is 14.0. The van der Waals surface area contributed by atoms with Gasteiger partial charge in [0, 0.05) is 18.8 Å². The van der Waals surface area contributed by atoms with E-state index in [-0.39, 0.29) is 12.4 Å². The fourth-order valence-electron chi connectivity index (χ4n) is 2.19. The van der Waals surface area contributed by atoms with Crippen LogP contribution in [0.25, 0.3) is 0 Å². The number of halogens is 1. The first-order valence-corrected chi connectivity index (χ1v) is 8.31. The summed E-state index contributed by atoms with van der Waals surface area (Å²) < 4.78 is 13.6. The van der Waals surface area contributed by atoms with Gasteiger partial charge in [0.15, 0.2) is 5.96 Å². The Morgan fingerprint density at radius 2 is 2.14 bits per heavy atom. The summed E-state index contributed by atoms with van der Waals surface area (Å²) in [6.07, 6.45) is 7.74. The lowest BCUT2D eigenvalue weighted by atomic mass is 10.1. The molecule has 0 aliphatic rings. The summed E-state index contributed by atoms with van der Waals surface area (Å²) in [7, 11) is 0. The predicted octanol–water partition coefficient (Wildman–Crippen LogP) is 3.63.